The minimum atomic E-state index is -0.674. The normalized spacial score (nSPS) is 10.8. The number of carbonyl (C=O) groups is 2. The Balaban J connectivity index is 1.83. The zero-order valence-corrected chi connectivity index (χ0v) is 16.6. The Morgan fingerprint density at radius 3 is 2.59 bits per heavy atom. The van der Waals surface area contributed by atoms with E-state index in [-0.39, 0.29) is 12.6 Å². The van der Waals surface area contributed by atoms with Crippen LogP contribution in [0.15, 0.2) is 48.5 Å². The fourth-order valence-electron chi connectivity index (χ4n) is 2.37. The predicted octanol–water partition coefficient (Wildman–Crippen LogP) is 3.49. The van der Waals surface area contributed by atoms with Crippen LogP contribution in [0.2, 0.25) is 0 Å². The highest BCUT2D eigenvalue weighted by Crippen LogP contribution is 2.29. The lowest BCUT2D eigenvalue weighted by Gasteiger charge is -2.13. The molecule has 0 aliphatic heterocycles. The summed E-state index contributed by atoms with van der Waals surface area (Å²) in [6.45, 7) is 3.39. The average molecular weight is 401 g/mol. The van der Waals surface area contributed by atoms with Gasteiger partial charge in [-0.15, -0.1) is 0 Å². The molecule has 2 rings (SSSR count). The Bertz CT molecular complexity index is 879. The monoisotopic (exact) mass is 401 g/mol. The second kappa shape index (κ2) is 10.8. The molecule has 0 bridgehead atoms. The van der Waals surface area contributed by atoms with Crippen LogP contribution in [-0.4, -0.2) is 31.7 Å². The summed E-state index contributed by atoms with van der Waals surface area (Å²) in [5.74, 6) is -0.456. The number of esters is 1. The van der Waals surface area contributed by atoms with E-state index in [0.29, 0.717) is 22.6 Å². The third-order valence-corrected chi connectivity index (χ3v) is 3.74. The van der Waals surface area contributed by atoms with E-state index in [0.717, 1.165) is 0 Å². The molecule has 0 aromatic heterocycles. The lowest BCUT2D eigenvalue weighted by molar-refractivity contribution is -0.143. The Morgan fingerprint density at radius 2 is 1.90 bits per heavy atom. The molecule has 2 aromatic carbocycles. The van der Waals surface area contributed by atoms with Gasteiger partial charge in [0, 0.05) is 18.2 Å². The van der Waals surface area contributed by atoms with Crippen molar-refractivity contribution < 1.29 is 28.2 Å². The molecule has 0 unspecified atom stereocenters. The summed E-state index contributed by atoms with van der Waals surface area (Å²) < 4.78 is 29.3. The van der Waals surface area contributed by atoms with Crippen LogP contribution in [-0.2, 0) is 20.9 Å². The number of carbonyl (C=O) groups excluding carboxylic acids is 2. The van der Waals surface area contributed by atoms with Crippen LogP contribution in [0.3, 0.4) is 0 Å². The Morgan fingerprint density at radius 1 is 1.14 bits per heavy atom. The van der Waals surface area contributed by atoms with E-state index in [2.05, 4.69) is 5.32 Å². The van der Waals surface area contributed by atoms with E-state index < -0.39 is 24.3 Å². The van der Waals surface area contributed by atoms with E-state index in [9.17, 15) is 14.0 Å². The number of benzene rings is 2. The molecule has 154 valence electrons. The van der Waals surface area contributed by atoms with Crippen LogP contribution >= 0.6 is 0 Å². The molecule has 0 fully saturated rings. The van der Waals surface area contributed by atoms with Crippen molar-refractivity contribution in [1.82, 2.24) is 5.32 Å². The van der Waals surface area contributed by atoms with Crippen LogP contribution in [0.25, 0.3) is 6.08 Å². The highest BCUT2D eigenvalue weighted by Gasteiger charge is 2.08. The van der Waals surface area contributed by atoms with Gasteiger partial charge in [0.2, 0.25) is 0 Å². The van der Waals surface area contributed by atoms with Gasteiger partial charge in [-0.1, -0.05) is 24.3 Å². The largest absolute Gasteiger partial charge is 0.493 e. The molecule has 6 nitrogen and oxygen atoms in total. The second-order valence-electron chi connectivity index (χ2n) is 6.39. The molecule has 0 aliphatic rings. The van der Waals surface area contributed by atoms with Gasteiger partial charge in [0.25, 0.3) is 5.91 Å². The third kappa shape index (κ3) is 7.29. The van der Waals surface area contributed by atoms with E-state index in [1.54, 1.807) is 42.5 Å². The smallest absolute Gasteiger partial charge is 0.331 e. The van der Waals surface area contributed by atoms with Crippen molar-refractivity contribution in [3.05, 3.63) is 65.5 Å². The molecule has 0 aliphatic carbocycles. The summed E-state index contributed by atoms with van der Waals surface area (Å²) in [6, 6.07) is 11.4. The number of halogens is 1. The Labute approximate surface area is 169 Å². The SMILES string of the molecule is COc1cc(/C=C/C(=O)OCC(=O)NCc2ccccc2F)ccc1OC(C)C. The molecule has 0 saturated carbocycles. The zero-order chi connectivity index (χ0) is 21.2. The molecule has 0 radical (unpaired) electrons. The number of rotatable bonds is 9. The van der Waals surface area contributed by atoms with E-state index >= 15 is 0 Å². The minimum absolute atomic E-state index is 0.00444. The zero-order valence-electron chi connectivity index (χ0n) is 16.6. The molecule has 0 saturated heterocycles. The molecule has 1 N–H and O–H groups in total. The number of amides is 1. The number of nitrogens with one attached hydrogen (secondary N) is 1. The molecule has 0 atom stereocenters. The molecule has 1 amide bonds. The molecule has 7 heteroatoms. The molecule has 29 heavy (non-hydrogen) atoms. The highest BCUT2D eigenvalue weighted by molar-refractivity contribution is 5.89. The van der Waals surface area contributed by atoms with Crippen molar-refractivity contribution in [2.24, 2.45) is 0 Å². The number of methoxy groups -OCH3 is 1. The molecule has 0 heterocycles. The van der Waals surface area contributed by atoms with Crippen LogP contribution < -0.4 is 14.8 Å². The highest BCUT2D eigenvalue weighted by atomic mass is 19.1. The van der Waals surface area contributed by atoms with Gasteiger partial charge in [-0.2, -0.15) is 0 Å². The first-order chi connectivity index (χ1) is 13.9. The first kappa shape index (κ1) is 21.9. The summed E-state index contributed by atoms with van der Waals surface area (Å²) in [5, 5.41) is 2.50. The van der Waals surface area contributed by atoms with Crippen molar-refractivity contribution in [2.75, 3.05) is 13.7 Å². The number of hydrogen-bond acceptors (Lipinski definition) is 5. The van der Waals surface area contributed by atoms with E-state index in [4.69, 9.17) is 14.2 Å². The molecular weight excluding hydrogens is 377 g/mol. The molecule has 0 spiro atoms. The first-order valence-corrected chi connectivity index (χ1v) is 9.08. The van der Waals surface area contributed by atoms with Crippen molar-refractivity contribution >= 4 is 18.0 Å². The van der Waals surface area contributed by atoms with Gasteiger partial charge in [0.15, 0.2) is 18.1 Å². The van der Waals surface area contributed by atoms with Gasteiger partial charge in [-0.05, 0) is 43.7 Å². The summed E-state index contributed by atoms with van der Waals surface area (Å²) in [6.07, 6.45) is 2.76. The fourth-order valence-corrected chi connectivity index (χ4v) is 2.37. The van der Waals surface area contributed by atoms with Crippen LogP contribution in [0.4, 0.5) is 4.39 Å². The van der Waals surface area contributed by atoms with Crippen LogP contribution in [0.1, 0.15) is 25.0 Å². The van der Waals surface area contributed by atoms with Gasteiger partial charge < -0.3 is 19.5 Å². The molecule has 2 aromatic rings. The number of hydrogen-bond donors (Lipinski definition) is 1. The van der Waals surface area contributed by atoms with Crippen molar-refractivity contribution in [1.29, 1.82) is 0 Å². The standard InChI is InChI=1S/C22H24FNO5/c1-15(2)29-19-10-8-16(12-20(19)27-3)9-11-22(26)28-14-21(25)24-13-17-6-4-5-7-18(17)23/h4-12,15H,13-14H2,1-3H3,(H,24,25)/b11-9+. The topological polar surface area (TPSA) is 73.9 Å². The van der Waals surface area contributed by atoms with Crippen molar-refractivity contribution in [3.8, 4) is 11.5 Å². The Hall–Kier alpha value is -3.35. The Kier molecular flexibility index (Phi) is 8.21. The lowest BCUT2D eigenvalue weighted by Crippen LogP contribution is -2.28. The summed E-state index contributed by atoms with van der Waals surface area (Å²) in [7, 11) is 1.53. The van der Waals surface area contributed by atoms with Gasteiger partial charge in [0.05, 0.1) is 13.2 Å². The number of ether oxygens (including phenoxy) is 3. The van der Waals surface area contributed by atoms with Crippen molar-refractivity contribution in [3.63, 3.8) is 0 Å². The summed E-state index contributed by atoms with van der Waals surface area (Å²) in [4.78, 5) is 23.6. The van der Waals surface area contributed by atoms with Crippen molar-refractivity contribution in [2.45, 2.75) is 26.5 Å². The average Bonchev–Trinajstić information content (AvgIpc) is 2.70. The van der Waals surface area contributed by atoms with Crippen LogP contribution in [0, 0.1) is 5.82 Å². The van der Waals surface area contributed by atoms with E-state index in [1.165, 1.54) is 19.3 Å². The maximum absolute atomic E-state index is 13.5. The maximum Gasteiger partial charge on any atom is 0.331 e. The van der Waals surface area contributed by atoms with Gasteiger partial charge in [-0.3, -0.25) is 4.79 Å². The first-order valence-electron chi connectivity index (χ1n) is 9.08. The van der Waals surface area contributed by atoms with Crippen LogP contribution in [0.5, 0.6) is 11.5 Å². The minimum Gasteiger partial charge on any atom is -0.493 e. The lowest BCUT2D eigenvalue weighted by atomic mass is 10.2. The third-order valence-electron chi connectivity index (χ3n) is 3.74. The second-order valence-corrected chi connectivity index (χ2v) is 6.39. The maximum atomic E-state index is 13.5. The quantitative estimate of drug-likeness (QED) is 0.514. The molecular formula is C22H24FNO5. The van der Waals surface area contributed by atoms with Gasteiger partial charge in [0.1, 0.15) is 5.82 Å². The van der Waals surface area contributed by atoms with Gasteiger partial charge >= 0.3 is 5.97 Å². The predicted molar refractivity (Wildman–Crippen MR) is 107 cm³/mol. The fraction of sp³-hybridized carbons (Fsp3) is 0.273. The summed E-state index contributed by atoms with van der Waals surface area (Å²) in [5.41, 5.74) is 1.06. The van der Waals surface area contributed by atoms with E-state index in [1.807, 2.05) is 13.8 Å². The van der Waals surface area contributed by atoms with Gasteiger partial charge in [-0.25, -0.2) is 9.18 Å². The summed E-state index contributed by atoms with van der Waals surface area (Å²) >= 11 is 0.